The van der Waals surface area contributed by atoms with E-state index in [1.54, 1.807) is 42.5 Å². The van der Waals surface area contributed by atoms with Crippen molar-refractivity contribution in [1.29, 1.82) is 0 Å². The number of rotatable bonds is 9. The number of hydrogen-bond acceptors (Lipinski definition) is 6. The maximum atomic E-state index is 13.3. The zero-order valence-corrected chi connectivity index (χ0v) is 20.2. The number of sulfonamides is 1. The van der Waals surface area contributed by atoms with Crippen molar-refractivity contribution in [3.8, 4) is 11.5 Å². The van der Waals surface area contributed by atoms with Gasteiger partial charge in [-0.15, -0.1) is 0 Å². The molecule has 0 aliphatic rings. The third-order valence-corrected chi connectivity index (χ3v) is 7.06. The quantitative estimate of drug-likeness (QED) is 0.343. The number of aromatic hydroxyl groups is 1. The third-order valence-electron chi connectivity index (χ3n) is 4.89. The summed E-state index contributed by atoms with van der Waals surface area (Å²) < 4.78 is 32.7. The van der Waals surface area contributed by atoms with E-state index in [4.69, 9.17) is 16.3 Å². The lowest BCUT2D eigenvalue weighted by Gasteiger charge is -2.22. The predicted octanol–water partition coefficient (Wildman–Crippen LogP) is 3.70. The first-order valence-corrected chi connectivity index (χ1v) is 12.0. The van der Waals surface area contributed by atoms with Crippen LogP contribution in [0.5, 0.6) is 11.5 Å². The summed E-state index contributed by atoms with van der Waals surface area (Å²) >= 11 is 6.24. The molecule has 10 heteroatoms. The lowest BCUT2D eigenvalue weighted by molar-refractivity contribution is -0.121. The number of ether oxygens (including phenoxy) is 1. The first-order chi connectivity index (χ1) is 16.2. The van der Waals surface area contributed by atoms with Crippen LogP contribution in [0.3, 0.4) is 0 Å². The van der Waals surface area contributed by atoms with Crippen molar-refractivity contribution in [3.63, 3.8) is 0 Å². The Balaban J connectivity index is 1.80. The SMILES string of the molecule is COc1cc(/C=N\NC(=O)CN(Cc2ccccc2Cl)S(=O)(=O)c2ccc(C)cc2)ccc1O. The Morgan fingerprint density at radius 3 is 2.53 bits per heavy atom. The highest BCUT2D eigenvalue weighted by atomic mass is 35.5. The normalized spacial score (nSPS) is 11.6. The van der Waals surface area contributed by atoms with E-state index in [1.807, 2.05) is 6.92 Å². The number of carbonyl (C=O) groups is 1. The van der Waals surface area contributed by atoms with Crippen LogP contribution in [-0.2, 0) is 21.4 Å². The number of benzene rings is 3. The van der Waals surface area contributed by atoms with Crippen molar-refractivity contribution in [3.05, 3.63) is 88.4 Å². The molecule has 0 heterocycles. The average molecular weight is 502 g/mol. The summed E-state index contributed by atoms with van der Waals surface area (Å²) in [4.78, 5) is 12.7. The van der Waals surface area contributed by atoms with Gasteiger partial charge in [0.25, 0.3) is 5.91 Å². The van der Waals surface area contributed by atoms with Crippen molar-refractivity contribution in [1.82, 2.24) is 9.73 Å². The number of methoxy groups -OCH3 is 1. The van der Waals surface area contributed by atoms with Gasteiger partial charge >= 0.3 is 0 Å². The molecule has 3 aromatic rings. The molecular weight excluding hydrogens is 478 g/mol. The molecule has 1 amide bonds. The van der Waals surface area contributed by atoms with Crippen LogP contribution in [0.2, 0.25) is 5.02 Å². The average Bonchev–Trinajstić information content (AvgIpc) is 2.81. The van der Waals surface area contributed by atoms with Crippen LogP contribution in [0.4, 0.5) is 0 Å². The van der Waals surface area contributed by atoms with Crippen LogP contribution in [0.1, 0.15) is 16.7 Å². The molecule has 0 atom stereocenters. The van der Waals surface area contributed by atoms with Gasteiger partial charge < -0.3 is 9.84 Å². The maximum absolute atomic E-state index is 13.3. The number of carbonyl (C=O) groups excluding carboxylic acids is 1. The van der Waals surface area contributed by atoms with Crippen LogP contribution < -0.4 is 10.2 Å². The summed E-state index contributed by atoms with van der Waals surface area (Å²) in [6.45, 7) is 1.28. The fourth-order valence-corrected chi connectivity index (χ4v) is 4.62. The van der Waals surface area contributed by atoms with Crippen molar-refractivity contribution >= 4 is 33.7 Å². The standard InChI is InChI=1S/C24H24ClN3O5S/c1-17-7-10-20(11-8-17)34(31,32)28(15-19-5-3-4-6-21(19)25)16-24(30)27-26-14-18-9-12-22(29)23(13-18)33-2/h3-14,29H,15-16H2,1-2H3,(H,27,30)/b26-14-. The van der Waals surface area contributed by atoms with Crippen LogP contribution in [0, 0.1) is 6.92 Å². The Bertz CT molecular complexity index is 1290. The van der Waals surface area contributed by atoms with Crippen LogP contribution in [0.25, 0.3) is 0 Å². The molecule has 0 radical (unpaired) electrons. The summed E-state index contributed by atoms with van der Waals surface area (Å²) in [6, 6.07) is 17.8. The number of aryl methyl sites for hydroxylation is 1. The number of nitrogens with zero attached hydrogens (tertiary/aromatic N) is 2. The zero-order valence-electron chi connectivity index (χ0n) is 18.6. The minimum atomic E-state index is -4.00. The van der Waals surface area contributed by atoms with Gasteiger partial charge in [0.1, 0.15) is 0 Å². The number of phenolic OH excluding ortho intramolecular Hbond substituents is 1. The van der Waals surface area contributed by atoms with E-state index in [0.717, 1.165) is 9.87 Å². The Labute approximate surface area is 203 Å². The van der Waals surface area contributed by atoms with Gasteiger partial charge in [-0.05, 0) is 54.4 Å². The predicted molar refractivity (Wildman–Crippen MR) is 131 cm³/mol. The molecule has 0 fully saturated rings. The molecule has 3 aromatic carbocycles. The number of phenols is 1. The Kier molecular flexibility index (Phi) is 8.27. The molecular formula is C24H24ClN3O5S. The lowest BCUT2D eigenvalue weighted by Crippen LogP contribution is -2.39. The minimum absolute atomic E-state index is 0.0276. The minimum Gasteiger partial charge on any atom is -0.504 e. The molecule has 0 aliphatic carbocycles. The van der Waals surface area contributed by atoms with E-state index < -0.39 is 22.5 Å². The van der Waals surface area contributed by atoms with E-state index in [9.17, 15) is 18.3 Å². The summed E-state index contributed by atoms with van der Waals surface area (Å²) in [5.41, 5.74) is 4.37. The molecule has 0 aliphatic heterocycles. The second-order valence-electron chi connectivity index (χ2n) is 7.40. The number of hydrazone groups is 1. The molecule has 178 valence electrons. The van der Waals surface area contributed by atoms with E-state index in [1.165, 1.54) is 37.6 Å². The molecule has 0 bridgehead atoms. The maximum Gasteiger partial charge on any atom is 0.255 e. The van der Waals surface area contributed by atoms with Gasteiger partial charge in [-0.2, -0.15) is 9.41 Å². The Morgan fingerprint density at radius 1 is 1.15 bits per heavy atom. The molecule has 0 aromatic heterocycles. The van der Waals surface area contributed by atoms with Crippen LogP contribution >= 0.6 is 11.6 Å². The van der Waals surface area contributed by atoms with Gasteiger partial charge in [-0.3, -0.25) is 4.79 Å². The van der Waals surface area contributed by atoms with Crippen molar-refractivity contribution in [2.45, 2.75) is 18.4 Å². The van der Waals surface area contributed by atoms with Gasteiger partial charge in [-0.25, -0.2) is 13.8 Å². The van der Waals surface area contributed by atoms with Crippen molar-refractivity contribution < 1.29 is 23.1 Å². The largest absolute Gasteiger partial charge is 0.504 e. The molecule has 2 N–H and O–H groups in total. The number of nitrogens with one attached hydrogen (secondary N) is 1. The number of hydrogen-bond donors (Lipinski definition) is 2. The Morgan fingerprint density at radius 2 is 1.85 bits per heavy atom. The summed E-state index contributed by atoms with van der Waals surface area (Å²) in [6.07, 6.45) is 1.35. The summed E-state index contributed by atoms with van der Waals surface area (Å²) in [7, 11) is -2.58. The molecule has 0 unspecified atom stereocenters. The third kappa shape index (κ3) is 6.34. The van der Waals surface area contributed by atoms with Crippen molar-refractivity contribution in [2.75, 3.05) is 13.7 Å². The fraction of sp³-hybridized carbons (Fsp3) is 0.167. The van der Waals surface area contributed by atoms with Gasteiger partial charge in [-0.1, -0.05) is 47.5 Å². The molecule has 8 nitrogen and oxygen atoms in total. The fourth-order valence-electron chi connectivity index (χ4n) is 3.05. The summed E-state index contributed by atoms with van der Waals surface area (Å²) in [5, 5.41) is 13.9. The first kappa shape index (κ1) is 25.2. The molecule has 0 spiro atoms. The van der Waals surface area contributed by atoms with E-state index >= 15 is 0 Å². The Hall–Kier alpha value is -3.40. The van der Waals surface area contributed by atoms with E-state index in [-0.39, 0.29) is 22.9 Å². The van der Waals surface area contributed by atoms with Gasteiger partial charge in [0, 0.05) is 11.6 Å². The van der Waals surface area contributed by atoms with Crippen LogP contribution in [0.15, 0.2) is 76.7 Å². The highest BCUT2D eigenvalue weighted by molar-refractivity contribution is 7.89. The number of halogens is 1. The molecule has 0 saturated carbocycles. The monoisotopic (exact) mass is 501 g/mol. The van der Waals surface area contributed by atoms with Gasteiger partial charge in [0.2, 0.25) is 10.0 Å². The zero-order chi connectivity index (χ0) is 24.7. The topological polar surface area (TPSA) is 108 Å². The van der Waals surface area contributed by atoms with Gasteiger partial charge in [0.05, 0.1) is 24.8 Å². The highest BCUT2D eigenvalue weighted by Gasteiger charge is 2.27. The van der Waals surface area contributed by atoms with E-state index in [2.05, 4.69) is 10.5 Å². The summed E-state index contributed by atoms with van der Waals surface area (Å²) in [5.74, 6) is -0.407. The van der Waals surface area contributed by atoms with Crippen molar-refractivity contribution in [2.24, 2.45) is 5.10 Å². The second-order valence-corrected chi connectivity index (χ2v) is 9.75. The van der Waals surface area contributed by atoms with Gasteiger partial charge in [0.15, 0.2) is 11.5 Å². The first-order valence-electron chi connectivity index (χ1n) is 10.2. The molecule has 0 saturated heterocycles. The lowest BCUT2D eigenvalue weighted by atomic mass is 10.2. The smallest absolute Gasteiger partial charge is 0.255 e. The van der Waals surface area contributed by atoms with Crippen LogP contribution in [-0.4, -0.2) is 43.6 Å². The highest BCUT2D eigenvalue weighted by Crippen LogP contribution is 2.25. The molecule has 34 heavy (non-hydrogen) atoms. The second kappa shape index (κ2) is 11.1. The number of amides is 1. The molecule has 3 rings (SSSR count). The van der Waals surface area contributed by atoms with E-state index in [0.29, 0.717) is 16.1 Å².